The van der Waals surface area contributed by atoms with Crippen LogP contribution in [0.2, 0.25) is 0 Å². The quantitative estimate of drug-likeness (QED) is 0.791. The Morgan fingerprint density at radius 1 is 1.47 bits per heavy atom. The van der Waals surface area contributed by atoms with Gasteiger partial charge in [0.25, 0.3) is 0 Å². The first-order valence-electron chi connectivity index (χ1n) is 5.51. The zero-order valence-corrected chi connectivity index (χ0v) is 11.7. The molecule has 1 aliphatic rings. The fourth-order valence-corrected chi connectivity index (χ4v) is 2.56. The summed E-state index contributed by atoms with van der Waals surface area (Å²) in [6.45, 7) is 1.57. The van der Waals surface area contributed by atoms with Crippen molar-refractivity contribution in [3.63, 3.8) is 0 Å². The lowest BCUT2D eigenvalue weighted by Crippen LogP contribution is -2.30. The van der Waals surface area contributed by atoms with Gasteiger partial charge in [-0.15, -0.1) is 0 Å². The van der Waals surface area contributed by atoms with Crippen molar-refractivity contribution in [3.8, 4) is 0 Å². The highest BCUT2D eigenvalue weighted by molar-refractivity contribution is 14.1. The van der Waals surface area contributed by atoms with Gasteiger partial charge in [-0.05, 0) is 28.2 Å². The van der Waals surface area contributed by atoms with Gasteiger partial charge in [0.15, 0.2) is 0 Å². The molecule has 0 unspecified atom stereocenters. The molecule has 0 aromatic carbocycles. The molecule has 2 aromatic rings. The highest BCUT2D eigenvalue weighted by Crippen LogP contribution is 2.19. The van der Waals surface area contributed by atoms with Crippen LogP contribution < -0.4 is 0 Å². The maximum absolute atomic E-state index is 5.16. The van der Waals surface area contributed by atoms with Crippen LogP contribution in [0.15, 0.2) is 18.6 Å². The topological polar surface area (TPSA) is 44.9 Å². The van der Waals surface area contributed by atoms with E-state index in [1.165, 1.54) is 11.1 Å². The van der Waals surface area contributed by atoms with E-state index in [-0.39, 0.29) is 0 Å². The summed E-state index contributed by atoms with van der Waals surface area (Å²) < 4.78 is 10.1. The third-order valence-electron chi connectivity index (χ3n) is 2.90. The molecule has 1 aliphatic heterocycles. The van der Waals surface area contributed by atoms with Gasteiger partial charge in [-0.3, -0.25) is 9.36 Å². The second kappa shape index (κ2) is 4.41. The molecule has 0 N–H and O–H groups in total. The van der Waals surface area contributed by atoms with Gasteiger partial charge in [-0.2, -0.15) is 10.2 Å². The van der Waals surface area contributed by atoms with E-state index < -0.39 is 0 Å². The number of aromatic nitrogens is 4. The van der Waals surface area contributed by atoms with Gasteiger partial charge in [-0.25, -0.2) is 0 Å². The number of rotatable bonds is 3. The van der Waals surface area contributed by atoms with Crippen molar-refractivity contribution in [1.29, 1.82) is 0 Å². The van der Waals surface area contributed by atoms with E-state index >= 15 is 0 Å². The van der Waals surface area contributed by atoms with Crippen molar-refractivity contribution < 1.29 is 4.74 Å². The van der Waals surface area contributed by atoms with Gasteiger partial charge in [0.1, 0.15) is 3.70 Å². The van der Waals surface area contributed by atoms with Crippen molar-refractivity contribution in [3.05, 3.63) is 33.4 Å². The smallest absolute Gasteiger partial charge is 0.126 e. The van der Waals surface area contributed by atoms with E-state index in [2.05, 4.69) is 45.2 Å². The Morgan fingerprint density at radius 3 is 2.88 bits per heavy atom. The van der Waals surface area contributed by atoms with E-state index in [9.17, 15) is 0 Å². The first-order chi connectivity index (χ1) is 8.22. The Bertz CT molecular complexity index is 529. The molecule has 0 atom stereocenters. The third-order valence-corrected chi connectivity index (χ3v) is 3.81. The Kier molecular flexibility index (Phi) is 2.91. The summed E-state index contributed by atoms with van der Waals surface area (Å²) in [4.78, 5) is 0. The molecular weight excluding hydrogens is 331 g/mol. The molecule has 1 saturated heterocycles. The van der Waals surface area contributed by atoms with E-state index in [4.69, 9.17) is 4.74 Å². The Morgan fingerprint density at radius 2 is 2.29 bits per heavy atom. The zero-order chi connectivity index (χ0) is 11.8. The number of aryl methyl sites for hydroxylation is 1. The fourth-order valence-electron chi connectivity index (χ4n) is 1.89. The SMILES string of the molecule is Cn1cc(Cc2cnn(C3COC3)c2)c(I)n1. The molecule has 0 saturated carbocycles. The molecule has 0 radical (unpaired) electrons. The number of hydrogen-bond donors (Lipinski definition) is 0. The lowest BCUT2D eigenvalue weighted by Gasteiger charge is -2.25. The molecule has 1 fully saturated rings. The maximum atomic E-state index is 5.16. The van der Waals surface area contributed by atoms with E-state index in [0.717, 1.165) is 23.3 Å². The Balaban J connectivity index is 1.76. The standard InChI is InChI=1S/C11H13IN4O/c1-15-5-9(11(12)14-15)2-8-3-13-16(4-8)10-6-17-7-10/h3-5,10H,2,6-7H2,1H3. The fraction of sp³-hybridized carbons (Fsp3) is 0.455. The van der Waals surface area contributed by atoms with Crippen molar-refractivity contribution in [2.45, 2.75) is 12.5 Å². The van der Waals surface area contributed by atoms with Crippen molar-refractivity contribution in [2.24, 2.45) is 7.05 Å². The third kappa shape index (κ3) is 2.23. The minimum Gasteiger partial charge on any atom is -0.377 e. The molecule has 2 aromatic heterocycles. The number of halogens is 1. The predicted molar refractivity (Wildman–Crippen MR) is 70.8 cm³/mol. The maximum Gasteiger partial charge on any atom is 0.126 e. The molecule has 0 bridgehead atoms. The van der Waals surface area contributed by atoms with Gasteiger partial charge in [-0.1, -0.05) is 0 Å². The summed E-state index contributed by atoms with van der Waals surface area (Å²) >= 11 is 2.27. The average Bonchev–Trinajstić information content (AvgIpc) is 2.73. The second-order valence-electron chi connectivity index (χ2n) is 4.32. The van der Waals surface area contributed by atoms with Crippen molar-refractivity contribution in [2.75, 3.05) is 13.2 Å². The molecule has 0 spiro atoms. The van der Waals surface area contributed by atoms with Crippen molar-refractivity contribution in [1.82, 2.24) is 19.6 Å². The van der Waals surface area contributed by atoms with Crippen LogP contribution in [0.1, 0.15) is 17.2 Å². The van der Waals surface area contributed by atoms with E-state index in [1.54, 1.807) is 0 Å². The number of ether oxygens (including phenoxy) is 1. The largest absolute Gasteiger partial charge is 0.377 e. The highest BCUT2D eigenvalue weighted by Gasteiger charge is 2.21. The molecule has 3 heterocycles. The van der Waals surface area contributed by atoms with Crippen LogP contribution in [0.25, 0.3) is 0 Å². The van der Waals surface area contributed by atoms with Crippen LogP contribution in [0.4, 0.5) is 0 Å². The Labute approximate surface area is 113 Å². The van der Waals surface area contributed by atoms with Gasteiger partial charge in [0.2, 0.25) is 0 Å². The van der Waals surface area contributed by atoms with E-state index in [0.29, 0.717) is 6.04 Å². The van der Waals surface area contributed by atoms with Crippen LogP contribution in [0.5, 0.6) is 0 Å². The first-order valence-corrected chi connectivity index (χ1v) is 6.59. The average molecular weight is 344 g/mol. The molecule has 5 nitrogen and oxygen atoms in total. The minimum atomic E-state index is 0.428. The van der Waals surface area contributed by atoms with Crippen LogP contribution >= 0.6 is 22.6 Å². The molecule has 90 valence electrons. The lowest BCUT2D eigenvalue weighted by molar-refractivity contribution is -0.0286. The first kappa shape index (κ1) is 11.2. The van der Waals surface area contributed by atoms with Crippen LogP contribution in [0, 0.1) is 3.70 Å². The summed E-state index contributed by atoms with van der Waals surface area (Å²) in [5.41, 5.74) is 2.47. The number of nitrogens with zero attached hydrogens (tertiary/aromatic N) is 4. The van der Waals surface area contributed by atoms with Crippen LogP contribution in [-0.4, -0.2) is 32.8 Å². The normalized spacial score (nSPS) is 16.1. The highest BCUT2D eigenvalue weighted by atomic mass is 127. The van der Waals surface area contributed by atoms with Crippen molar-refractivity contribution >= 4 is 22.6 Å². The van der Waals surface area contributed by atoms with Gasteiger partial charge < -0.3 is 4.74 Å². The molecule has 17 heavy (non-hydrogen) atoms. The van der Waals surface area contributed by atoms with Gasteiger partial charge >= 0.3 is 0 Å². The molecule has 0 aliphatic carbocycles. The second-order valence-corrected chi connectivity index (χ2v) is 5.34. The zero-order valence-electron chi connectivity index (χ0n) is 9.51. The summed E-state index contributed by atoms with van der Waals surface area (Å²) in [5.74, 6) is 0. The van der Waals surface area contributed by atoms with E-state index in [1.807, 2.05) is 22.6 Å². The lowest BCUT2D eigenvalue weighted by atomic mass is 10.1. The summed E-state index contributed by atoms with van der Waals surface area (Å²) in [6, 6.07) is 0.428. The summed E-state index contributed by atoms with van der Waals surface area (Å²) in [6.07, 6.45) is 6.99. The summed E-state index contributed by atoms with van der Waals surface area (Å²) in [7, 11) is 1.95. The monoisotopic (exact) mass is 344 g/mol. The molecule has 0 amide bonds. The van der Waals surface area contributed by atoms with Crippen LogP contribution in [0.3, 0.4) is 0 Å². The minimum absolute atomic E-state index is 0.428. The van der Waals surface area contributed by atoms with Crippen LogP contribution in [-0.2, 0) is 18.2 Å². The predicted octanol–water partition coefficient (Wildman–Crippen LogP) is 1.38. The molecule has 3 rings (SSSR count). The van der Waals surface area contributed by atoms with Gasteiger partial charge in [0.05, 0.1) is 25.5 Å². The summed E-state index contributed by atoms with van der Waals surface area (Å²) in [5, 5.41) is 8.71. The Hall–Kier alpha value is -0.890. The number of hydrogen-bond acceptors (Lipinski definition) is 3. The van der Waals surface area contributed by atoms with Gasteiger partial charge in [0, 0.05) is 31.4 Å². The molecular formula is C11H13IN4O. The molecule has 6 heteroatoms.